The fraction of sp³-hybridized carbons (Fsp3) is 0.429. The highest BCUT2D eigenvalue weighted by molar-refractivity contribution is 8.00. The molecule has 25 heavy (non-hydrogen) atoms. The van der Waals surface area contributed by atoms with E-state index in [4.69, 9.17) is 4.74 Å². The quantitative estimate of drug-likeness (QED) is 0.449. The second-order valence-corrected chi connectivity index (χ2v) is 6.84. The van der Waals surface area contributed by atoms with Crippen molar-refractivity contribution < 1.29 is 14.5 Å². The first-order valence-electron chi connectivity index (χ1n) is 7.57. The molecule has 1 fully saturated rings. The number of nitrogens with zero attached hydrogens (tertiary/aromatic N) is 5. The van der Waals surface area contributed by atoms with E-state index in [0.717, 1.165) is 12.8 Å². The van der Waals surface area contributed by atoms with Gasteiger partial charge in [-0.2, -0.15) is 0 Å². The largest absolute Gasteiger partial charge is 0.495 e. The van der Waals surface area contributed by atoms with Crippen LogP contribution in [0.1, 0.15) is 25.8 Å². The Morgan fingerprint density at radius 3 is 2.92 bits per heavy atom. The molecule has 0 radical (unpaired) electrons. The Balaban J connectivity index is 1.71. The van der Waals surface area contributed by atoms with E-state index in [0.29, 0.717) is 16.9 Å². The zero-order valence-corrected chi connectivity index (χ0v) is 14.4. The van der Waals surface area contributed by atoms with Gasteiger partial charge in [0.15, 0.2) is 0 Å². The van der Waals surface area contributed by atoms with Gasteiger partial charge in [-0.15, -0.1) is 5.10 Å². The first-order chi connectivity index (χ1) is 12.0. The number of non-ortho nitro benzene ring substituents is 1. The number of methoxy groups -OCH3 is 1. The molecular formula is C14H16N6O4S. The van der Waals surface area contributed by atoms with Gasteiger partial charge in [-0.05, 0) is 36.3 Å². The van der Waals surface area contributed by atoms with E-state index in [1.54, 1.807) is 11.6 Å². The van der Waals surface area contributed by atoms with Crippen molar-refractivity contribution in [2.75, 3.05) is 12.4 Å². The lowest BCUT2D eigenvalue weighted by molar-refractivity contribution is -0.384. The molecule has 11 heteroatoms. The number of nitro groups is 1. The predicted octanol–water partition coefficient (Wildman–Crippen LogP) is 2.04. The maximum Gasteiger partial charge on any atom is 0.271 e. The van der Waals surface area contributed by atoms with E-state index in [-0.39, 0.29) is 17.3 Å². The Bertz CT molecular complexity index is 806. The Morgan fingerprint density at radius 1 is 1.52 bits per heavy atom. The normalized spacial score (nSPS) is 14.8. The molecule has 3 rings (SSSR count). The molecule has 0 spiro atoms. The number of nitrogens with one attached hydrogen (secondary N) is 1. The predicted molar refractivity (Wildman–Crippen MR) is 89.7 cm³/mol. The first-order valence-corrected chi connectivity index (χ1v) is 8.45. The zero-order chi connectivity index (χ0) is 18.0. The zero-order valence-electron chi connectivity index (χ0n) is 13.6. The summed E-state index contributed by atoms with van der Waals surface area (Å²) in [6.45, 7) is 1.72. The van der Waals surface area contributed by atoms with E-state index >= 15 is 0 Å². The highest BCUT2D eigenvalue weighted by Crippen LogP contribution is 2.37. The van der Waals surface area contributed by atoms with Crippen molar-refractivity contribution >= 4 is 29.0 Å². The standard InChI is InChI=1S/C14H16N6O4S/c1-8(25-14-16-17-18-19(14)9-3-4-9)13(21)15-11-7-10(20(22)23)5-6-12(11)24-2/h5-9H,3-4H2,1-2H3,(H,15,21). The number of ether oxygens (including phenoxy) is 1. The summed E-state index contributed by atoms with van der Waals surface area (Å²) in [7, 11) is 1.43. The van der Waals surface area contributed by atoms with Crippen molar-refractivity contribution in [3.63, 3.8) is 0 Å². The molecule has 132 valence electrons. The number of benzene rings is 1. The van der Waals surface area contributed by atoms with Crippen LogP contribution in [-0.4, -0.2) is 43.4 Å². The molecule has 1 atom stereocenters. The van der Waals surface area contributed by atoms with Crippen LogP contribution < -0.4 is 10.1 Å². The summed E-state index contributed by atoms with van der Waals surface area (Å²) in [5.74, 6) is 0.0214. The number of hydrogen-bond acceptors (Lipinski definition) is 8. The van der Waals surface area contributed by atoms with Crippen molar-refractivity contribution in [3.05, 3.63) is 28.3 Å². The third kappa shape index (κ3) is 3.87. The summed E-state index contributed by atoms with van der Waals surface area (Å²) in [6, 6.07) is 4.34. The minimum atomic E-state index is -0.531. The lowest BCUT2D eigenvalue weighted by Gasteiger charge is -2.13. The Hall–Kier alpha value is -2.69. The van der Waals surface area contributed by atoms with E-state index < -0.39 is 10.2 Å². The monoisotopic (exact) mass is 364 g/mol. The van der Waals surface area contributed by atoms with Gasteiger partial charge < -0.3 is 10.1 Å². The van der Waals surface area contributed by atoms with Gasteiger partial charge in [-0.3, -0.25) is 14.9 Å². The minimum absolute atomic E-state index is 0.130. The van der Waals surface area contributed by atoms with Gasteiger partial charge >= 0.3 is 0 Å². The van der Waals surface area contributed by atoms with Crippen LogP contribution in [0, 0.1) is 10.1 Å². The Labute approximate surface area is 147 Å². The SMILES string of the molecule is COc1ccc([N+](=O)[O-])cc1NC(=O)C(C)Sc1nnnn1C1CC1. The highest BCUT2D eigenvalue weighted by atomic mass is 32.2. The Morgan fingerprint density at radius 2 is 2.28 bits per heavy atom. The molecule has 1 aliphatic carbocycles. The summed E-state index contributed by atoms with van der Waals surface area (Å²) < 4.78 is 6.87. The third-order valence-corrected chi connectivity index (χ3v) is 4.71. The number of amides is 1. The van der Waals surface area contributed by atoms with Crippen molar-refractivity contribution in [3.8, 4) is 5.75 Å². The topological polar surface area (TPSA) is 125 Å². The van der Waals surface area contributed by atoms with Gasteiger partial charge in [0.1, 0.15) is 5.75 Å². The molecule has 1 amide bonds. The summed E-state index contributed by atoms with van der Waals surface area (Å²) in [6.07, 6.45) is 2.06. The molecule has 1 N–H and O–H groups in total. The van der Waals surface area contributed by atoms with Crippen LogP contribution >= 0.6 is 11.8 Å². The number of anilines is 1. The fourth-order valence-corrected chi connectivity index (χ4v) is 3.02. The van der Waals surface area contributed by atoms with E-state index in [1.165, 1.54) is 37.1 Å². The van der Waals surface area contributed by atoms with Crippen molar-refractivity contribution in [1.82, 2.24) is 20.2 Å². The Kier molecular flexibility index (Phi) is 4.83. The molecule has 2 aromatic rings. The second-order valence-electron chi connectivity index (χ2n) is 5.53. The van der Waals surface area contributed by atoms with Gasteiger partial charge in [-0.1, -0.05) is 11.8 Å². The average Bonchev–Trinajstić information content (AvgIpc) is 3.34. The van der Waals surface area contributed by atoms with E-state index in [1.807, 2.05) is 0 Å². The lowest BCUT2D eigenvalue weighted by atomic mass is 10.2. The molecule has 1 saturated carbocycles. The maximum absolute atomic E-state index is 12.4. The number of carbonyl (C=O) groups excluding carboxylic acids is 1. The van der Waals surface area contributed by atoms with E-state index in [2.05, 4.69) is 20.8 Å². The van der Waals surface area contributed by atoms with Crippen molar-refractivity contribution in [2.45, 2.75) is 36.2 Å². The molecule has 1 heterocycles. The molecule has 0 bridgehead atoms. The minimum Gasteiger partial charge on any atom is -0.495 e. The molecule has 10 nitrogen and oxygen atoms in total. The highest BCUT2D eigenvalue weighted by Gasteiger charge is 2.29. The van der Waals surface area contributed by atoms with Gasteiger partial charge in [0.05, 0.1) is 29.0 Å². The molecular weight excluding hydrogens is 348 g/mol. The molecule has 1 aromatic carbocycles. The first kappa shape index (κ1) is 17.1. The van der Waals surface area contributed by atoms with Gasteiger partial charge in [0.25, 0.3) is 5.69 Å². The summed E-state index contributed by atoms with van der Waals surface area (Å²) >= 11 is 1.24. The number of rotatable bonds is 7. The van der Waals surface area contributed by atoms with Gasteiger partial charge in [-0.25, -0.2) is 4.68 Å². The molecule has 1 unspecified atom stereocenters. The third-order valence-electron chi connectivity index (χ3n) is 3.66. The number of aromatic nitrogens is 4. The molecule has 1 aliphatic rings. The molecule has 0 saturated heterocycles. The average molecular weight is 364 g/mol. The van der Waals surface area contributed by atoms with Gasteiger partial charge in [0, 0.05) is 12.1 Å². The second kappa shape index (κ2) is 7.05. The maximum atomic E-state index is 12.4. The van der Waals surface area contributed by atoms with Crippen LogP contribution in [0.4, 0.5) is 11.4 Å². The number of tetrazole rings is 1. The summed E-state index contributed by atoms with van der Waals surface area (Å²) in [5.41, 5.74) is 0.116. The number of hydrogen-bond donors (Lipinski definition) is 1. The number of nitro benzene ring substituents is 1. The smallest absolute Gasteiger partial charge is 0.271 e. The van der Waals surface area contributed by atoms with Gasteiger partial charge in [0.2, 0.25) is 11.1 Å². The molecule has 1 aromatic heterocycles. The van der Waals surface area contributed by atoms with Crippen LogP contribution in [0.2, 0.25) is 0 Å². The van der Waals surface area contributed by atoms with E-state index in [9.17, 15) is 14.9 Å². The van der Waals surface area contributed by atoms with Crippen molar-refractivity contribution in [2.24, 2.45) is 0 Å². The van der Waals surface area contributed by atoms with Crippen LogP contribution in [0.15, 0.2) is 23.4 Å². The molecule has 0 aliphatic heterocycles. The lowest BCUT2D eigenvalue weighted by Crippen LogP contribution is -2.23. The summed E-state index contributed by atoms with van der Waals surface area (Å²) in [5, 5.41) is 25.2. The number of carbonyl (C=O) groups is 1. The van der Waals surface area contributed by atoms with Crippen LogP contribution in [0.5, 0.6) is 5.75 Å². The summed E-state index contributed by atoms with van der Waals surface area (Å²) in [4.78, 5) is 22.8. The van der Waals surface area contributed by atoms with Crippen LogP contribution in [0.25, 0.3) is 0 Å². The van der Waals surface area contributed by atoms with Crippen LogP contribution in [0.3, 0.4) is 0 Å². The fourth-order valence-electron chi connectivity index (χ4n) is 2.16. The van der Waals surface area contributed by atoms with Crippen molar-refractivity contribution in [1.29, 1.82) is 0 Å². The number of thioether (sulfide) groups is 1. The van der Waals surface area contributed by atoms with Crippen LogP contribution in [-0.2, 0) is 4.79 Å².